The van der Waals surface area contributed by atoms with Crippen LogP contribution in [0.2, 0.25) is 0 Å². The van der Waals surface area contributed by atoms with E-state index < -0.39 is 5.69 Å². The summed E-state index contributed by atoms with van der Waals surface area (Å²) in [7, 11) is 1.61. The summed E-state index contributed by atoms with van der Waals surface area (Å²) < 4.78 is 6.40. The van der Waals surface area contributed by atoms with Crippen LogP contribution in [-0.2, 0) is 11.3 Å². The highest BCUT2D eigenvalue weighted by Gasteiger charge is 2.17. The van der Waals surface area contributed by atoms with Crippen LogP contribution in [0.1, 0.15) is 17.2 Å². The van der Waals surface area contributed by atoms with Crippen LogP contribution in [0.25, 0.3) is 0 Å². The summed E-state index contributed by atoms with van der Waals surface area (Å²) in [4.78, 5) is 23.9. The summed E-state index contributed by atoms with van der Waals surface area (Å²) in [5, 5.41) is 8.86. The maximum Gasteiger partial charge on any atom is 0.343 e. The van der Waals surface area contributed by atoms with Crippen molar-refractivity contribution in [3.63, 3.8) is 0 Å². The number of carbonyl (C=O) groups is 1. The molecule has 3 rings (SSSR count). The van der Waals surface area contributed by atoms with Gasteiger partial charge >= 0.3 is 5.69 Å². The molecule has 0 aliphatic carbocycles. The van der Waals surface area contributed by atoms with Gasteiger partial charge in [-0.05, 0) is 23.3 Å². The Morgan fingerprint density at radius 2 is 1.84 bits per heavy atom. The van der Waals surface area contributed by atoms with E-state index in [4.69, 9.17) is 4.74 Å². The van der Waals surface area contributed by atoms with Gasteiger partial charge < -0.3 is 10.1 Å². The third-order valence-electron chi connectivity index (χ3n) is 3.82. The summed E-state index contributed by atoms with van der Waals surface area (Å²) in [6, 6.07) is 16.8. The standard InChI is InChI=1S/C18H18N4O3/c1-25-15-9-7-14(8-10-15)17(13-5-3-2-4-6-13)20-16(23)11-22-12-19-21-18(22)24/h2-10,12,17H,11H2,1H3,(H,20,23)(H,21,24)/t17-/m1/s1. The van der Waals surface area contributed by atoms with Gasteiger partial charge in [0.1, 0.15) is 18.6 Å². The Labute approximate surface area is 144 Å². The van der Waals surface area contributed by atoms with Gasteiger partial charge in [0.2, 0.25) is 5.91 Å². The molecule has 3 aromatic rings. The average molecular weight is 338 g/mol. The number of methoxy groups -OCH3 is 1. The lowest BCUT2D eigenvalue weighted by atomic mass is 9.98. The number of hydrogen-bond donors (Lipinski definition) is 2. The lowest BCUT2D eigenvalue weighted by Crippen LogP contribution is -2.34. The molecule has 128 valence electrons. The molecule has 0 saturated carbocycles. The van der Waals surface area contributed by atoms with Crippen molar-refractivity contribution >= 4 is 5.91 Å². The number of aromatic amines is 1. The van der Waals surface area contributed by atoms with Crippen molar-refractivity contribution in [1.82, 2.24) is 20.1 Å². The van der Waals surface area contributed by atoms with Crippen LogP contribution in [-0.4, -0.2) is 27.8 Å². The SMILES string of the molecule is COc1ccc([C@H](NC(=O)Cn2cn[nH]c2=O)c2ccccc2)cc1. The second kappa shape index (κ2) is 7.48. The van der Waals surface area contributed by atoms with Gasteiger partial charge in [-0.15, -0.1) is 0 Å². The van der Waals surface area contributed by atoms with Gasteiger partial charge in [-0.1, -0.05) is 42.5 Å². The van der Waals surface area contributed by atoms with E-state index in [-0.39, 0.29) is 18.5 Å². The number of rotatable bonds is 6. The minimum absolute atomic E-state index is 0.102. The molecule has 0 saturated heterocycles. The molecule has 2 N–H and O–H groups in total. The lowest BCUT2D eigenvalue weighted by molar-refractivity contribution is -0.122. The molecule has 7 heteroatoms. The van der Waals surface area contributed by atoms with Crippen molar-refractivity contribution in [1.29, 1.82) is 0 Å². The smallest absolute Gasteiger partial charge is 0.343 e. The molecular weight excluding hydrogens is 320 g/mol. The number of amides is 1. The van der Waals surface area contributed by atoms with Gasteiger partial charge in [0.25, 0.3) is 0 Å². The minimum Gasteiger partial charge on any atom is -0.497 e. The number of nitrogens with zero attached hydrogens (tertiary/aromatic N) is 2. The fourth-order valence-electron chi connectivity index (χ4n) is 2.55. The predicted molar refractivity (Wildman–Crippen MR) is 92.3 cm³/mol. The molecule has 0 bridgehead atoms. The van der Waals surface area contributed by atoms with E-state index >= 15 is 0 Å². The van der Waals surface area contributed by atoms with Crippen LogP contribution in [0.4, 0.5) is 0 Å². The van der Waals surface area contributed by atoms with Gasteiger partial charge in [0.05, 0.1) is 13.2 Å². The maximum atomic E-state index is 12.4. The second-order valence-corrected chi connectivity index (χ2v) is 5.47. The molecule has 0 spiro atoms. The van der Waals surface area contributed by atoms with E-state index in [1.807, 2.05) is 54.6 Å². The van der Waals surface area contributed by atoms with Crippen molar-refractivity contribution in [3.05, 3.63) is 82.5 Å². The molecule has 0 radical (unpaired) electrons. The number of carbonyl (C=O) groups excluding carboxylic acids is 1. The average Bonchev–Trinajstić information content (AvgIpc) is 3.05. The zero-order valence-electron chi connectivity index (χ0n) is 13.7. The Hall–Kier alpha value is -3.35. The van der Waals surface area contributed by atoms with Crippen molar-refractivity contribution in [3.8, 4) is 5.75 Å². The molecule has 25 heavy (non-hydrogen) atoms. The third-order valence-corrected chi connectivity index (χ3v) is 3.82. The van der Waals surface area contributed by atoms with Crippen LogP contribution < -0.4 is 15.7 Å². The molecule has 1 heterocycles. The predicted octanol–water partition coefficient (Wildman–Crippen LogP) is 1.49. The molecule has 0 aliphatic rings. The third kappa shape index (κ3) is 3.95. The minimum atomic E-state index is -0.421. The van der Waals surface area contributed by atoms with Crippen molar-refractivity contribution in [2.45, 2.75) is 12.6 Å². The van der Waals surface area contributed by atoms with Crippen LogP contribution in [0, 0.1) is 0 Å². The molecule has 1 aromatic heterocycles. The molecule has 0 unspecified atom stereocenters. The van der Waals surface area contributed by atoms with E-state index in [1.54, 1.807) is 7.11 Å². The molecule has 1 amide bonds. The molecule has 1 atom stereocenters. The Morgan fingerprint density at radius 3 is 2.44 bits per heavy atom. The highest BCUT2D eigenvalue weighted by Crippen LogP contribution is 2.24. The fourth-order valence-corrected chi connectivity index (χ4v) is 2.55. The highest BCUT2D eigenvalue weighted by molar-refractivity contribution is 5.76. The van der Waals surface area contributed by atoms with Gasteiger partial charge in [-0.2, -0.15) is 5.10 Å². The van der Waals surface area contributed by atoms with E-state index in [0.29, 0.717) is 0 Å². The van der Waals surface area contributed by atoms with Gasteiger partial charge in [0.15, 0.2) is 0 Å². The second-order valence-electron chi connectivity index (χ2n) is 5.47. The number of aromatic nitrogens is 3. The Morgan fingerprint density at radius 1 is 1.16 bits per heavy atom. The van der Waals surface area contributed by atoms with Crippen LogP contribution >= 0.6 is 0 Å². The number of hydrogen-bond acceptors (Lipinski definition) is 4. The Balaban J connectivity index is 1.84. The molecule has 0 aliphatic heterocycles. The van der Waals surface area contributed by atoms with E-state index in [2.05, 4.69) is 15.5 Å². The van der Waals surface area contributed by atoms with Crippen molar-refractivity contribution in [2.24, 2.45) is 0 Å². The number of nitrogens with one attached hydrogen (secondary N) is 2. The lowest BCUT2D eigenvalue weighted by Gasteiger charge is -2.20. The van der Waals surface area contributed by atoms with Gasteiger partial charge in [-0.25, -0.2) is 9.89 Å². The first-order valence-electron chi connectivity index (χ1n) is 7.75. The maximum absolute atomic E-state index is 12.4. The zero-order valence-corrected chi connectivity index (χ0v) is 13.7. The van der Waals surface area contributed by atoms with E-state index in [1.165, 1.54) is 10.9 Å². The Kier molecular flexibility index (Phi) is 4.94. The summed E-state index contributed by atoms with van der Waals surface area (Å²) in [6.07, 6.45) is 1.30. The van der Waals surface area contributed by atoms with Crippen molar-refractivity contribution < 1.29 is 9.53 Å². The fraction of sp³-hybridized carbons (Fsp3) is 0.167. The van der Waals surface area contributed by atoms with Crippen LogP contribution in [0.5, 0.6) is 5.75 Å². The molecule has 7 nitrogen and oxygen atoms in total. The first-order chi connectivity index (χ1) is 12.2. The number of H-pyrrole nitrogens is 1. The van der Waals surface area contributed by atoms with Crippen LogP contribution in [0.15, 0.2) is 65.7 Å². The highest BCUT2D eigenvalue weighted by atomic mass is 16.5. The normalized spacial score (nSPS) is 11.7. The molecular formula is C18H18N4O3. The van der Waals surface area contributed by atoms with Crippen molar-refractivity contribution in [2.75, 3.05) is 7.11 Å². The quantitative estimate of drug-likeness (QED) is 0.712. The van der Waals surface area contributed by atoms with Gasteiger partial charge in [-0.3, -0.25) is 9.36 Å². The largest absolute Gasteiger partial charge is 0.497 e. The molecule has 0 fully saturated rings. The zero-order chi connectivity index (χ0) is 17.6. The van der Waals surface area contributed by atoms with Gasteiger partial charge in [0, 0.05) is 0 Å². The van der Waals surface area contributed by atoms with E-state index in [9.17, 15) is 9.59 Å². The van der Waals surface area contributed by atoms with E-state index in [0.717, 1.165) is 16.9 Å². The Bertz CT molecular complexity index is 884. The first-order valence-corrected chi connectivity index (χ1v) is 7.75. The summed E-state index contributed by atoms with van der Waals surface area (Å²) >= 11 is 0. The summed E-state index contributed by atoms with van der Waals surface area (Å²) in [5.74, 6) is 0.458. The number of benzene rings is 2. The topological polar surface area (TPSA) is 89.0 Å². The monoisotopic (exact) mass is 338 g/mol. The summed E-state index contributed by atoms with van der Waals surface area (Å²) in [5.41, 5.74) is 1.44. The first kappa shape index (κ1) is 16.5. The number of ether oxygens (including phenoxy) is 1. The molecule has 2 aromatic carbocycles. The van der Waals surface area contributed by atoms with Crippen LogP contribution in [0.3, 0.4) is 0 Å². The summed E-state index contributed by atoms with van der Waals surface area (Å²) in [6.45, 7) is -0.102.